The van der Waals surface area contributed by atoms with Crippen molar-refractivity contribution >= 4 is 0 Å². The first kappa shape index (κ1) is 14.9. The van der Waals surface area contributed by atoms with E-state index in [-0.39, 0.29) is 12.6 Å². The van der Waals surface area contributed by atoms with Gasteiger partial charge in [0.25, 0.3) is 0 Å². The van der Waals surface area contributed by atoms with Crippen molar-refractivity contribution < 1.29 is 5.11 Å². The summed E-state index contributed by atoms with van der Waals surface area (Å²) in [5, 5.41) is 12.5. The Kier molecular flexibility index (Phi) is 10.4. The first-order valence-corrected chi connectivity index (χ1v) is 6.61. The van der Waals surface area contributed by atoms with Crippen LogP contribution in [0.2, 0.25) is 0 Å². The van der Waals surface area contributed by atoms with E-state index in [1.54, 1.807) is 0 Å². The molecule has 2 heteroatoms. The lowest BCUT2D eigenvalue weighted by molar-refractivity contribution is 0.227. The first-order chi connectivity index (χ1) is 7.24. The Morgan fingerprint density at radius 1 is 1.07 bits per heavy atom. The van der Waals surface area contributed by atoms with Gasteiger partial charge < -0.3 is 10.4 Å². The topological polar surface area (TPSA) is 32.3 Å². The largest absolute Gasteiger partial charge is 0.395 e. The fourth-order valence-electron chi connectivity index (χ4n) is 1.84. The van der Waals surface area contributed by atoms with Gasteiger partial charge in [0.15, 0.2) is 0 Å². The van der Waals surface area contributed by atoms with Crippen LogP contribution in [-0.4, -0.2) is 23.8 Å². The number of hydrogen-bond acceptors (Lipinski definition) is 2. The molecule has 0 radical (unpaired) electrons. The maximum Gasteiger partial charge on any atom is 0.0584 e. The van der Waals surface area contributed by atoms with Crippen molar-refractivity contribution in [2.45, 2.75) is 77.8 Å². The summed E-state index contributed by atoms with van der Waals surface area (Å²) in [6.45, 7) is 6.84. The van der Waals surface area contributed by atoms with Crippen molar-refractivity contribution in [1.29, 1.82) is 0 Å². The minimum atomic E-state index is 0.261. The molecule has 0 aliphatic heterocycles. The van der Waals surface area contributed by atoms with E-state index < -0.39 is 0 Å². The number of rotatable bonds is 10. The summed E-state index contributed by atoms with van der Waals surface area (Å²) < 4.78 is 0. The van der Waals surface area contributed by atoms with Crippen LogP contribution in [0.5, 0.6) is 0 Å². The minimum Gasteiger partial charge on any atom is -0.395 e. The van der Waals surface area contributed by atoms with E-state index in [1.807, 2.05) is 0 Å². The summed E-state index contributed by atoms with van der Waals surface area (Å²) in [6, 6.07) is 0.833. The molecule has 0 aliphatic carbocycles. The molecule has 0 aromatic rings. The molecule has 0 spiro atoms. The standard InChI is InChI=1S/C13H29NO/c1-4-6-7-8-9-10-12(3)14-13(5-2)11-15/h12-15H,4-11H2,1-3H3/t12-,13+/m0/s1. The van der Waals surface area contributed by atoms with E-state index in [2.05, 4.69) is 26.1 Å². The number of aliphatic hydroxyl groups excluding tert-OH is 1. The smallest absolute Gasteiger partial charge is 0.0584 e. The molecule has 0 saturated heterocycles. The zero-order chi connectivity index (χ0) is 11.5. The van der Waals surface area contributed by atoms with Crippen molar-refractivity contribution in [3.05, 3.63) is 0 Å². The van der Waals surface area contributed by atoms with Gasteiger partial charge in [-0.1, -0.05) is 46.0 Å². The Balaban J connectivity index is 3.35. The van der Waals surface area contributed by atoms with E-state index >= 15 is 0 Å². The summed E-state index contributed by atoms with van der Waals surface area (Å²) in [4.78, 5) is 0. The van der Waals surface area contributed by atoms with E-state index in [0.29, 0.717) is 6.04 Å². The van der Waals surface area contributed by atoms with E-state index in [9.17, 15) is 0 Å². The van der Waals surface area contributed by atoms with Crippen molar-refractivity contribution in [3.8, 4) is 0 Å². The van der Waals surface area contributed by atoms with E-state index in [1.165, 1.54) is 38.5 Å². The highest BCUT2D eigenvalue weighted by atomic mass is 16.3. The highest BCUT2D eigenvalue weighted by molar-refractivity contribution is 4.69. The van der Waals surface area contributed by atoms with Gasteiger partial charge in [0.2, 0.25) is 0 Å². The van der Waals surface area contributed by atoms with Crippen LogP contribution in [0, 0.1) is 0 Å². The van der Waals surface area contributed by atoms with Crippen LogP contribution < -0.4 is 5.32 Å². The molecule has 0 fully saturated rings. The predicted octanol–water partition coefficient (Wildman–Crippen LogP) is 3.10. The average Bonchev–Trinajstić information content (AvgIpc) is 2.25. The monoisotopic (exact) mass is 215 g/mol. The van der Waals surface area contributed by atoms with Gasteiger partial charge in [-0.15, -0.1) is 0 Å². The molecule has 0 aromatic carbocycles. The van der Waals surface area contributed by atoms with Crippen LogP contribution in [0.25, 0.3) is 0 Å². The second-order valence-electron chi connectivity index (χ2n) is 4.56. The van der Waals surface area contributed by atoms with Gasteiger partial charge in [-0.25, -0.2) is 0 Å². The predicted molar refractivity (Wildman–Crippen MR) is 67.1 cm³/mol. The summed E-state index contributed by atoms with van der Waals surface area (Å²) >= 11 is 0. The van der Waals surface area contributed by atoms with Gasteiger partial charge in [0.1, 0.15) is 0 Å². The van der Waals surface area contributed by atoms with Crippen LogP contribution in [0.4, 0.5) is 0 Å². The Labute approximate surface area is 95.5 Å². The Morgan fingerprint density at radius 2 is 1.73 bits per heavy atom. The lowest BCUT2D eigenvalue weighted by Crippen LogP contribution is -2.38. The molecule has 0 unspecified atom stereocenters. The summed E-state index contributed by atoms with van der Waals surface area (Å²) in [6.07, 6.45) is 8.98. The molecule has 0 amide bonds. The second-order valence-corrected chi connectivity index (χ2v) is 4.56. The molecule has 0 aliphatic rings. The SMILES string of the molecule is CCCCCCC[C@H](C)N[C@H](CC)CO. The highest BCUT2D eigenvalue weighted by Gasteiger charge is 2.08. The third kappa shape index (κ3) is 8.88. The highest BCUT2D eigenvalue weighted by Crippen LogP contribution is 2.07. The van der Waals surface area contributed by atoms with Crippen molar-refractivity contribution in [2.24, 2.45) is 0 Å². The van der Waals surface area contributed by atoms with Gasteiger partial charge in [-0.05, 0) is 19.8 Å². The van der Waals surface area contributed by atoms with Crippen LogP contribution in [0.15, 0.2) is 0 Å². The molecule has 0 bridgehead atoms. The number of hydrogen-bond donors (Lipinski definition) is 2. The summed E-state index contributed by atoms with van der Waals surface area (Å²) in [7, 11) is 0. The number of aliphatic hydroxyl groups is 1. The van der Waals surface area contributed by atoms with Crippen LogP contribution in [-0.2, 0) is 0 Å². The van der Waals surface area contributed by atoms with Gasteiger partial charge in [-0.3, -0.25) is 0 Å². The fraction of sp³-hybridized carbons (Fsp3) is 1.00. The third-order valence-electron chi connectivity index (χ3n) is 2.97. The Hall–Kier alpha value is -0.0800. The molecule has 2 atom stereocenters. The number of unbranched alkanes of at least 4 members (excludes halogenated alkanes) is 4. The van der Waals surface area contributed by atoms with Crippen molar-refractivity contribution in [3.63, 3.8) is 0 Å². The fourth-order valence-corrected chi connectivity index (χ4v) is 1.84. The van der Waals surface area contributed by atoms with Crippen molar-refractivity contribution in [2.75, 3.05) is 6.61 Å². The molecule has 15 heavy (non-hydrogen) atoms. The maximum absolute atomic E-state index is 9.05. The maximum atomic E-state index is 9.05. The molecule has 2 N–H and O–H groups in total. The van der Waals surface area contributed by atoms with Gasteiger partial charge in [0.05, 0.1) is 6.61 Å². The zero-order valence-electron chi connectivity index (χ0n) is 10.8. The summed E-state index contributed by atoms with van der Waals surface area (Å²) in [5.74, 6) is 0. The molecule has 0 aromatic heterocycles. The molecular formula is C13H29NO. The third-order valence-corrected chi connectivity index (χ3v) is 2.97. The van der Waals surface area contributed by atoms with Crippen LogP contribution >= 0.6 is 0 Å². The summed E-state index contributed by atoms with van der Waals surface area (Å²) in [5.41, 5.74) is 0. The first-order valence-electron chi connectivity index (χ1n) is 6.61. The van der Waals surface area contributed by atoms with E-state index in [0.717, 1.165) is 6.42 Å². The Bertz CT molecular complexity index is 124. The van der Waals surface area contributed by atoms with E-state index in [4.69, 9.17) is 5.11 Å². The average molecular weight is 215 g/mol. The zero-order valence-corrected chi connectivity index (χ0v) is 10.8. The number of nitrogens with one attached hydrogen (secondary N) is 1. The van der Waals surface area contributed by atoms with Crippen LogP contribution in [0.1, 0.15) is 65.7 Å². The molecular weight excluding hydrogens is 186 g/mol. The normalized spacial score (nSPS) is 15.2. The van der Waals surface area contributed by atoms with Gasteiger partial charge in [-0.2, -0.15) is 0 Å². The quantitative estimate of drug-likeness (QED) is 0.549. The van der Waals surface area contributed by atoms with Crippen LogP contribution in [0.3, 0.4) is 0 Å². The molecule has 2 nitrogen and oxygen atoms in total. The molecule has 0 rings (SSSR count). The Morgan fingerprint density at radius 3 is 2.27 bits per heavy atom. The molecule has 0 heterocycles. The lowest BCUT2D eigenvalue weighted by atomic mass is 10.1. The van der Waals surface area contributed by atoms with Crippen molar-refractivity contribution in [1.82, 2.24) is 5.32 Å². The molecule has 0 saturated carbocycles. The lowest BCUT2D eigenvalue weighted by Gasteiger charge is -2.20. The minimum absolute atomic E-state index is 0.261. The second kappa shape index (κ2) is 10.4. The molecule has 92 valence electrons. The van der Waals surface area contributed by atoms with Gasteiger partial charge >= 0.3 is 0 Å². The van der Waals surface area contributed by atoms with Gasteiger partial charge in [0, 0.05) is 12.1 Å².